The van der Waals surface area contributed by atoms with Crippen molar-refractivity contribution in [3.63, 3.8) is 0 Å². The molecule has 5 heteroatoms. The van der Waals surface area contributed by atoms with Crippen LogP contribution >= 0.6 is 0 Å². The normalized spacial score (nSPS) is 10.1. The highest BCUT2D eigenvalue weighted by atomic mass is 16.5. The number of aryl methyl sites for hydroxylation is 2. The molecule has 0 saturated carbocycles. The van der Waals surface area contributed by atoms with Gasteiger partial charge >= 0.3 is 0 Å². The zero-order chi connectivity index (χ0) is 14.7. The zero-order valence-electron chi connectivity index (χ0n) is 11.7. The number of hydrogen-bond acceptors (Lipinski definition) is 4. The highest BCUT2D eigenvalue weighted by Gasteiger charge is 2.11. The first-order valence-corrected chi connectivity index (χ1v) is 6.26. The third kappa shape index (κ3) is 2.41. The molecule has 20 heavy (non-hydrogen) atoms. The maximum absolute atomic E-state index is 11.5. The van der Waals surface area contributed by atoms with Gasteiger partial charge in [-0.15, -0.1) is 0 Å². The Hall–Kier alpha value is -2.61. The Balaban J connectivity index is 2.66. The summed E-state index contributed by atoms with van der Waals surface area (Å²) in [6, 6.07) is 8.95. The predicted octanol–water partition coefficient (Wildman–Crippen LogP) is 1.89. The molecule has 0 amide bonds. The van der Waals surface area contributed by atoms with E-state index in [1.165, 1.54) is 10.7 Å². The second kappa shape index (κ2) is 5.57. The smallest absolute Gasteiger partial charge is 0.267 e. The average Bonchev–Trinajstić information content (AvgIpc) is 2.48. The SMILES string of the molecule is CCc1cc(-c2nn(C)c(=O)cc2C#N)ccc1OC. The Labute approximate surface area is 117 Å². The molecule has 1 heterocycles. The molecule has 0 aliphatic carbocycles. The van der Waals surface area contributed by atoms with E-state index in [0.29, 0.717) is 5.69 Å². The van der Waals surface area contributed by atoms with Crippen LogP contribution in [0.1, 0.15) is 18.1 Å². The van der Waals surface area contributed by atoms with Crippen molar-refractivity contribution < 1.29 is 4.74 Å². The second-order valence-electron chi connectivity index (χ2n) is 4.36. The van der Waals surface area contributed by atoms with Gasteiger partial charge in [0.05, 0.1) is 12.7 Å². The van der Waals surface area contributed by atoms with Crippen LogP contribution in [0, 0.1) is 11.3 Å². The molecule has 1 aromatic heterocycles. The van der Waals surface area contributed by atoms with E-state index >= 15 is 0 Å². The molecule has 0 unspecified atom stereocenters. The van der Waals surface area contributed by atoms with E-state index in [0.717, 1.165) is 23.3 Å². The van der Waals surface area contributed by atoms with Crippen LogP contribution in [0.3, 0.4) is 0 Å². The van der Waals surface area contributed by atoms with Crippen molar-refractivity contribution in [1.29, 1.82) is 5.26 Å². The molecule has 1 aromatic carbocycles. The number of benzene rings is 1. The van der Waals surface area contributed by atoms with Crippen LogP contribution in [0.15, 0.2) is 29.1 Å². The molecule has 0 N–H and O–H groups in total. The summed E-state index contributed by atoms with van der Waals surface area (Å²) in [5.74, 6) is 0.805. The summed E-state index contributed by atoms with van der Waals surface area (Å²) < 4.78 is 6.51. The molecule has 0 atom stereocenters. The second-order valence-corrected chi connectivity index (χ2v) is 4.36. The van der Waals surface area contributed by atoms with Crippen LogP contribution in [0.5, 0.6) is 5.75 Å². The average molecular weight is 269 g/mol. The van der Waals surface area contributed by atoms with Crippen molar-refractivity contribution in [3.8, 4) is 23.1 Å². The predicted molar refractivity (Wildman–Crippen MR) is 75.6 cm³/mol. The number of rotatable bonds is 3. The van der Waals surface area contributed by atoms with Gasteiger partial charge in [-0.25, -0.2) is 4.68 Å². The number of aromatic nitrogens is 2. The first-order valence-electron chi connectivity index (χ1n) is 6.26. The van der Waals surface area contributed by atoms with Gasteiger partial charge in [0.2, 0.25) is 0 Å². The Morgan fingerprint density at radius 2 is 2.15 bits per heavy atom. The summed E-state index contributed by atoms with van der Waals surface area (Å²) in [6.07, 6.45) is 0.810. The van der Waals surface area contributed by atoms with E-state index < -0.39 is 0 Å². The lowest BCUT2D eigenvalue weighted by atomic mass is 10.0. The fourth-order valence-electron chi connectivity index (χ4n) is 2.04. The van der Waals surface area contributed by atoms with E-state index in [1.807, 2.05) is 31.2 Å². The molecule has 0 aliphatic rings. The van der Waals surface area contributed by atoms with Gasteiger partial charge in [-0.2, -0.15) is 10.4 Å². The van der Waals surface area contributed by atoms with Crippen LogP contribution in [-0.2, 0) is 13.5 Å². The van der Waals surface area contributed by atoms with Gasteiger partial charge in [0.15, 0.2) is 0 Å². The van der Waals surface area contributed by atoms with Gasteiger partial charge in [0.1, 0.15) is 17.5 Å². The van der Waals surface area contributed by atoms with E-state index in [2.05, 4.69) is 5.10 Å². The zero-order valence-corrected chi connectivity index (χ0v) is 11.7. The summed E-state index contributed by atoms with van der Waals surface area (Å²) >= 11 is 0. The maximum Gasteiger partial charge on any atom is 0.267 e. The van der Waals surface area contributed by atoms with Crippen LogP contribution < -0.4 is 10.3 Å². The Morgan fingerprint density at radius 1 is 1.40 bits per heavy atom. The van der Waals surface area contributed by atoms with Gasteiger partial charge < -0.3 is 4.74 Å². The molecule has 0 fully saturated rings. The summed E-state index contributed by atoms with van der Waals surface area (Å²) in [4.78, 5) is 11.5. The number of hydrogen-bond donors (Lipinski definition) is 0. The lowest BCUT2D eigenvalue weighted by molar-refractivity contribution is 0.410. The highest BCUT2D eigenvalue weighted by Crippen LogP contribution is 2.27. The number of ether oxygens (including phenoxy) is 1. The summed E-state index contributed by atoms with van der Waals surface area (Å²) in [5, 5.41) is 13.3. The molecule has 0 aliphatic heterocycles. The minimum absolute atomic E-state index is 0.278. The Kier molecular flexibility index (Phi) is 3.85. The van der Waals surface area contributed by atoms with E-state index in [-0.39, 0.29) is 11.1 Å². The summed E-state index contributed by atoms with van der Waals surface area (Å²) in [6.45, 7) is 2.03. The largest absolute Gasteiger partial charge is 0.496 e. The van der Waals surface area contributed by atoms with E-state index in [4.69, 9.17) is 10.00 Å². The van der Waals surface area contributed by atoms with Crippen molar-refractivity contribution >= 4 is 0 Å². The molecule has 5 nitrogen and oxygen atoms in total. The molecule has 0 spiro atoms. The molecule has 2 aromatic rings. The number of nitrogens with zero attached hydrogens (tertiary/aromatic N) is 3. The minimum atomic E-state index is -0.297. The molecule has 2 rings (SSSR count). The molecule has 0 radical (unpaired) electrons. The quantitative estimate of drug-likeness (QED) is 0.853. The van der Waals surface area contributed by atoms with Crippen LogP contribution in [0.2, 0.25) is 0 Å². The van der Waals surface area contributed by atoms with E-state index in [9.17, 15) is 4.79 Å². The lowest BCUT2D eigenvalue weighted by Crippen LogP contribution is -2.20. The Morgan fingerprint density at radius 3 is 2.75 bits per heavy atom. The molecule has 0 bridgehead atoms. The van der Waals surface area contributed by atoms with Crippen molar-refractivity contribution in [3.05, 3.63) is 45.7 Å². The Bertz CT molecular complexity index is 742. The van der Waals surface area contributed by atoms with Gasteiger partial charge in [-0.1, -0.05) is 6.92 Å². The third-order valence-electron chi connectivity index (χ3n) is 3.15. The van der Waals surface area contributed by atoms with Crippen LogP contribution in [-0.4, -0.2) is 16.9 Å². The topological polar surface area (TPSA) is 67.9 Å². The van der Waals surface area contributed by atoms with Gasteiger partial charge in [0.25, 0.3) is 5.56 Å². The minimum Gasteiger partial charge on any atom is -0.496 e. The van der Waals surface area contributed by atoms with Crippen LogP contribution in [0.25, 0.3) is 11.3 Å². The van der Waals surface area contributed by atoms with Crippen molar-refractivity contribution in [1.82, 2.24) is 9.78 Å². The maximum atomic E-state index is 11.5. The number of methoxy groups -OCH3 is 1. The molecule has 102 valence electrons. The van der Waals surface area contributed by atoms with Crippen molar-refractivity contribution in [2.24, 2.45) is 7.05 Å². The lowest BCUT2D eigenvalue weighted by Gasteiger charge is -2.10. The summed E-state index contributed by atoms with van der Waals surface area (Å²) in [5.41, 5.74) is 2.32. The first kappa shape index (κ1) is 13.8. The number of nitriles is 1. The molecule has 0 saturated heterocycles. The van der Waals surface area contributed by atoms with Crippen molar-refractivity contribution in [2.45, 2.75) is 13.3 Å². The fraction of sp³-hybridized carbons (Fsp3) is 0.267. The molecular formula is C15H15N3O2. The first-order chi connectivity index (χ1) is 9.60. The van der Waals surface area contributed by atoms with Gasteiger partial charge in [0, 0.05) is 18.7 Å². The van der Waals surface area contributed by atoms with Crippen LogP contribution in [0.4, 0.5) is 0 Å². The highest BCUT2D eigenvalue weighted by molar-refractivity contribution is 5.67. The third-order valence-corrected chi connectivity index (χ3v) is 3.15. The monoisotopic (exact) mass is 269 g/mol. The van der Waals surface area contributed by atoms with Gasteiger partial charge in [-0.05, 0) is 30.2 Å². The summed E-state index contributed by atoms with van der Waals surface area (Å²) in [7, 11) is 3.19. The standard InChI is InChI=1S/C15H15N3O2/c1-4-10-7-11(5-6-13(10)20-3)15-12(9-16)8-14(19)18(2)17-15/h5-8H,4H2,1-3H3. The van der Waals surface area contributed by atoms with Crippen molar-refractivity contribution in [2.75, 3.05) is 7.11 Å². The van der Waals surface area contributed by atoms with Gasteiger partial charge in [-0.3, -0.25) is 4.79 Å². The van der Waals surface area contributed by atoms with E-state index in [1.54, 1.807) is 14.2 Å². The fourth-order valence-corrected chi connectivity index (χ4v) is 2.04. The molecular weight excluding hydrogens is 254 g/mol.